The molecule has 2 aliphatic heterocycles. The fraction of sp³-hybridized carbons (Fsp3) is 0.700. The molecule has 0 aromatic heterocycles. The fourth-order valence-corrected chi connectivity index (χ4v) is 4.23. The molecule has 1 aliphatic carbocycles. The first-order chi connectivity index (χ1) is 11.6. The van der Waals surface area contributed by atoms with E-state index in [2.05, 4.69) is 25.7 Å². The highest BCUT2D eigenvalue weighted by Crippen LogP contribution is 2.38. The first-order valence-corrected chi connectivity index (χ1v) is 9.14. The third-order valence-corrected chi connectivity index (χ3v) is 5.90. The predicted molar refractivity (Wildman–Crippen MR) is 95.0 cm³/mol. The number of likely N-dealkylation sites (tertiary alicyclic amines) is 1. The van der Waals surface area contributed by atoms with E-state index in [4.69, 9.17) is 4.74 Å². The van der Waals surface area contributed by atoms with Crippen LogP contribution in [0.1, 0.15) is 53.4 Å². The van der Waals surface area contributed by atoms with Crippen molar-refractivity contribution in [2.45, 2.75) is 64.5 Å². The Morgan fingerprint density at radius 3 is 2.60 bits per heavy atom. The molecule has 0 aromatic rings. The molecule has 1 atom stereocenters. The maximum Gasteiger partial charge on any atom is 0.151 e. The SMILES string of the molecule is CC1=C2COC=C2CC(=O)C1C(=O)CC1(O)CCN(C(C)(C)C)CC1. The normalized spacial score (nSPS) is 27.0. The number of carbonyl (C=O) groups is 2. The minimum absolute atomic E-state index is 0.0614. The lowest BCUT2D eigenvalue weighted by Gasteiger charge is -2.44. The Balaban J connectivity index is 1.69. The highest BCUT2D eigenvalue weighted by atomic mass is 16.5. The first kappa shape index (κ1) is 18.3. The molecule has 1 fully saturated rings. The second-order valence-electron chi connectivity index (χ2n) is 8.72. The first-order valence-electron chi connectivity index (χ1n) is 9.14. The van der Waals surface area contributed by atoms with Crippen molar-refractivity contribution in [3.63, 3.8) is 0 Å². The zero-order valence-electron chi connectivity index (χ0n) is 15.7. The van der Waals surface area contributed by atoms with Crippen molar-refractivity contribution in [3.05, 3.63) is 23.0 Å². The number of hydrogen-bond donors (Lipinski definition) is 1. The van der Waals surface area contributed by atoms with Crippen LogP contribution < -0.4 is 0 Å². The van der Waals surface area contributed by atoms with Crippen LogP contribution in [0.2, 0.25) is 0 Å². The van der Waals surface area contributed by atoms with Crippen molar-refractivity contribution in [1.29, 1.82) is 0 Å². The molecule has 0 saturated carbocycles. The van der Waals surface area contributed by atoms with Crippen LogP contribution in [-0.2, 0) is 14.3 Å². The van der Waals surface area contributed by atoms with Gasteiger partial charge in [0.2, 0.25) is 0 Å². The van der Waals surface area contributed by atoms with Crippen LogP contribution in [0.4, 0.5) is 0 Å². The summed E-state index contributed by atoms with van der Waals surface area (Å²) >= 11 is 0. The second kappa shape index (κ2) is 6.36. The van der Waals surface area contributed by atoms with Crippen LogP contribution in [0.3, 0.4) is 0 Å². The second-order valence-corrected chi connectivity index (χ2v) is 8.72. The van der Waals surface area contributed by atoms with Crippen molar-refractivity contribution >= 4 is 11.6 Å². The molecule has 3 aliphatic rings. The monoisotopic (exact) mass is 347 g/mol. The Labute approximate surface area is 149 Å². The highest BCUT2D eigenvalue weighted by Gasteiger charge is 2.42. The van der Waals surface area contributed by atoms with E-state index in [0.29, 0.717) is 19.4 Å². The van der Waals surface area contributed by atoms with Crippen LogP contribution in [-0.4, -0.2) is 52.4 Å². The minimum atomic E-state index is -0.994. The number of fused-ring (bicyclic) bond motifs is 1. The quantitative estimate of drug-likeness (QED) is 0.794. The summed E-state index contributed by atoms with van der Waals surface area (Å²) in [5.74, 6) is -0.926. The lowest BCUT2D eigenvalue weighted by molar-refractivity contribution is -0.135. The summed E-state index contributed by atoms with van der Waals surface area (Å²) in [4.78, 5) is 27.7. The lowest BCUT2D eigenvalue weighted by atomic mass is 9.74. The predicted octanol–water partition coefficient (Wildman–Crippen LogP) is 2.39. The number of rotatable bonds is 3. The highest BCUT2D eigenvalue weighted by molar-refractivity contribution is 6.08. The third-order valence-electron chi connectivity index (χ3n) is 5.90. The summed E-state index contributed by atoms with van der Waals surface area (Å²) in [5, 5.41) is 10.9. The number of Topliss-reactive ketones (excluding diaryl/α,β-unsaturated/α-hetero) is 2. The molecule has 3 rings (SSSR count). The van der Waals surface area contributed by atoms with Crippen molar-refractivity contribution in [2.24, 2.45) is 5.92 Å². The molecule has 0 spiro atoms. The van der Waals surface area contributed by atoms with E-state index >= 15 is 0 Å². The summed E-state index contributed by atoms with van der Waals surface area (Å²) in [6.45, 7) is 10.3. The summed E-state index contributed by atoms with van der Waals surface area (Å²) in [6, 6.07) is 0. The third kappa shape index (κ3) is 3.58. The van der Waals surface area contributed by atoms with Gasteiger partial charge in [0.1, 0.15) is 12.4 Å². The number of ether oxygens (including phenoxy) is 1. The molecule has 1 saturated heterocycles. The molecule has 5 heteroatoms. The Hall–Kier alpha value is -1.46. The Morgan fingerprint density at radius 2 is 2.00 bits per heavy atom. The van der Waals surface area contributed by atoms with Crippen molar-refractivity contribution in [3.8, 4) is 0 Å². The van der Waals surface area contributed by atoms with Gasteiger partial charge in [-0.3, -0.25) is 14.5 Å². The van der Waals surface area contributed by atoms with Gasteiger partial charge in [-0.15, -0.1) is 0 Å². The number of piperidine rings is 1. The Kier molecular flexibility index (Phi) is 4.67. The molecular formula is C20H29NO4. The van der Waals surface area contributed by atoms with E-state index in [0.717, 1.165) is 29.8 Å². The maximum absolute atomic E-state index is 12.9. The molecule has 1 N–H and O–H groups in total. The molecule has 0 radical (unpaired) electrons. The van der Waals surface area contributed by atoms with E-state index in [9.17, 15) is 14.7 Å². The van der Waals surface area contributed by atoms with Gasteiger partial charge in [-0.05, 0) is 51.7 Å². The topological polar surface area (TPSA) is 66.8 Å². The van der Waals surface area contributed by atoms with E-state index in [1.165, 1.54) is 0 Å². The van der Waals surface area contributed by atoms with E-state index in [1.54, 1.807) is 6.26 Å². The number of nitrogens with zero attached hydrogens (tertiary/aromatic N) is 1. The van der Waals surface area contributed by atoms with Crippen molar-refractivity contribution in [1.82, 2.24) is 4.90 Å². The van der Waals surface area contributed by atoms with Gasteiger partial charge in [-0.2, -0.15) is 0 Å². The summed E-state index contributed by atoms with van der Waals surface area (Å²) in [5.41, 5.74) is 1.78. The molecule has 5 nitrogen and oxygen atoms in total. The van der Waals surface area contributed by atoms with Crippen LogP contribution in [0.15, 0.2) is 23.0 Å². The molecule has 0 aromatic carbocycles. The van der Waals surface area contributed by atoms with Gasteiger partial charge in [-0.1, -0.05) is 0 Å². The van der Waals surface area contributed by atoms with Crippen LogP contribution in [0, 0.1) is 5.92 Å². The van der Waals surface area contributed by atoms with Crippen molar-refractivity contribution in [2.75, 3.05) is 19.7 Å². The summed E-state index contributed by atoms with van der Waals surface area (Å²) < 4.78 is 5.31. The zero-order valence-corrected chi connectivity index (χ0v) is 15.7. The number of carbonyl (C=O) groups excluding carboxylic acids is 2. The van der Waals surface area contributed by atoms with Gasteiger partial charge in [0, 0.05) is 37.0 Å². The average molecular weight is 347 g/mol. The van der Waals surface area contributed by atoms with Gasteiger partial charge in [0.25, 0.3) is 0 Å². The standard InChI is InChI=1S/C20H29NO4/c1-13-15-12-25-11-14(15)9-16(22)18(13)17(23)10-20(24)5-7-21(8-6-20)19(2,3)4/h11,18,24H,5-10,12H2,1-4H3. The average Bonchev–Trinajstić information content (AvgIpc) is 2.94. The van der Waals surface area contributed by atoms with Gasteiger partial charge in [-0.25, -0.2) is 0 Å². The van der Waals surface area contributed by atoms with E-state index < -0.39 is 11.5 Å². The van der Waals surface area contributed by atoms with E-state index in [-0.39, 0.29) is 29.9 Å². The van der Waals surface area contributed by atoms with Crippen LogP contribution in [0.25, 0.3) is 0 Å². The largest absolute Gasteiger partial charge is 0.496 e. The molecule has 0 bridgehead atoms. The summed E-state index contributed by atoms with van der Waals surface area (Å²) in [6.07, 6.45) is 3.10. The molecule has 2 heterocycles. The smallest absolute Gasteiger partial charge is 0.151 e. The molecule has 0 amide bonds. The molecule has 25 heavy (non-hydrogen) atoms. The molecule has 1 unspecified atom stereocenters. The maximum atomic E-state index is 12.9. The molecular weight excluding hydrogens is 318 g/mol. The van der Waals surface area contributed by atoms with E-state index in [1.807, 2.05) is 6.92 Å². The number of allylic oxidation sites excluding steroid dienone is 1. The fourth-order valence-electron chi connectivity index (χ4n) is 4.23. The van der Waals surface area contributed by atoms with Crippen molar-refractivity contribution < 1.29 is 19.4 Å². The van der Waals surface area contributed by atoms with Gasteiger partial charge < -0.3 is 9.84 Å². The van der Waals surface area contributed by atoms with Crippen LogP contribution in [0.5, 0.6) is 0 Å². The van der Waals surface area contributed by atoms with Gasteiger partial charge in [0.15, 0.2) is 5.78 Å². The molecule has 138 valence electrons. The number of ketones is 2. The zero-order chi connectivity index (χ0) is 18.4. The Morgan fingerprint density at radius 1 is 1.36 bits per heavy atom. The lowest BCUT2D eigenvalue weighted by Crippen LogP contribution is -2.52. The van der Waals surface area contributed by atoms with Gasteiger partial charge in [0.05, 0.1) is 17.8 Å². The van der Waals surface area contributed by atoms with Gasteiger partial charge >= 0.3 is 0 Å². The van der Waals surface area contributed by atoms with Crippen LogP contribution >= 0.6 is 0 Å². The summed E-state index contributed by atoms with van der Waals surface area (Å²) in [7, 11) is 0. The number of hydrogen-bond acceptors (Lipinski definition) is 5. The Bertz CT molecular complexity index is 645. The minimum Gasteiger partial charge on any atom is -0.496 e. The number of aliphatic hydroxyl groups is 1.